The summed E-state index contributed by atoms with van der Waals surface area (Å²) in [5, 5.41) is 15.0. The lowest BCUT2D eigenvalue weighted by molar-refractivity contribution is 0.317. The van der Waals surface area contributed by atoms with Crippen LogP contribution < -0.4 is 5.32 Å². The van der Waals surface area contributed by atoms with E-state index in [0.717, 1.165) is 35.2 Å². The first-order valence-electron chi connectivity index (χ1n) is 6.91. The first-order valence-corrected chi connectivity index (χ1v) is 8.78. The van der Waals surface area contributed by atoms with Crippen LogP contribution >= 0.6 is 23.1 Å². The highest BCUT2D eigenvalue weighted by atomic mass is 32.2. The Balaban J connectivity index is 1.86. The van der Waals surface area contributed by atoms with E-state index in [1.165, 1.54) is 12.8 Å². The van der Waals surface area contributed by atoms with E-state index in [1.807, 2.05) is 18.7 Å². The number of hydrogen-bond acceptors (Lipinski definition) is 5. The van der Waals surface area contributed by atoms with Gasteiger partial charge in [0.15, 0.2) is 0 Å². The molecule has 1 aromatic heterocycles. The van der Waals surface area contributed by atoms with E-state index in [0.29, 0.717) is 5.92 Å². The van der Waals surface area contributed by atoms with Gasteiger partial charge < -0.3 is 0 Å². The fraction of sp³-hybridized carbons (Fsp3) is 0.714. The largest absolute Gasteiger partial charge is 0.299 e. The second kappa shape index (κ2) is 6.74. The standard InChI is InChI=1S/C14H21N3S2/c1-3-16-14(10-15)7-4-5-12(14)6-8-18-13-17-11(2)9-19-13/h9,12,16H,3-8H2,1-2H3. The molecule has 0 aromatic carbocycles. The summed E-state index contributed by atoms with van der Waals surface area (Å²) < 4.78 is 1.15. The van der Waals surface area contributed by atoms with E-state index >= 15 is 0 Å². The topological polar surface area (TPSA) is 48.7 Å². The van der Waals surface area contributed by atoms with E-state index in [9.17, 15) is 5.26 Å². The quantitative estimate of drug-likeness (QED) is 0.815. The third-order valence-electron chi connectivity index (χ3n) is 3.80. The van der Waals surface area contributed by atoms with E-state index < -0.39 is 0 Å². The Morgan fingerprint density at radius 2 is 2.53 bits per heavy atom. The van der Waals surface area contributed by atoms with Crippen molar-refractivity contribution in [1.29, 1.82) is 5.26 Å². The average Bonchev–Trinajstić information content (AvgIpc) is 2.98. The fourth-order valence-electron chi connectivity index (χ4n) is 2.89. The highest BCUT2D eigenvalue weighted by Crippen LogP contribution is 2.38. The lowest BCUT2D eigenvalue weighted by Gasteiger charge is -2.29. The molecule has 104 valence electrons. The Morgan fingerprint density at radius 3 is 3.16 bits per heavy atom. The van der Waals surface area contributed by atoms with Crippen LogP contribution in [0, 0.1) is 24.2 Å². The molecule has 0 aliphatic heterocycles. The van der Waals surface area contributed by atoms with Crippen LogP contribution in [0.15, 0.2) is 9.72 Å². The third kappa shape index (κ3) is 3.50. The van der Waals surface area contributed by atoms with E-state index in [2.05, 4.69) is 28.7 Å². The van der Waals surface area contributed by atoms with Gasteiger partial charge in [0.25, 0.3) is 0 Å². The summed E-state index contributed by atoms with van der Waals surface area (Å²) in [7, 11) is 0. The van der Waals surface area contributed by atoms with Crippen molar-refractivity contribution in [3.8, 4) is 6.07 Å². The molecule has 2 atom stereocenters. The van der Waals surface area contributed by atoms with Crippen molar-refractivity contribution in [2.45, 2.75) is 49.4 Å². The van der Waals surface area contributed by atoms with Gasteiger partial charge >= 0.3 is 0 Å². The maximum Gasteiger partial charge on any atom is 0.150 e. The summed E-state index contributed by atoms with van der Waals surface area (Å²) in [4.78, 5) is 4.47. The Labute approximate surface area is 123 Å². The lowest BCUT2D eigenvalue weighted by atomic mass is 9.86. The van der Waals surface area contributed by atoms with Gasteiger partial charge in [0.2, 0.25) is 0 Å². The van der Waals surface area contributed by atoms with Crippen molar-refractivity contribution in [3.05, 3.63) is 11.1 Å². The van der Waals surface area contributed by atoms with Gasteiger partial charge in [-0.2, -0.15) is 5.26 Å². The first-order chi connectivity index (χ1) is 9.20. The van der Waals surface area contributed by atoms with Gasteiger partial charge in [-0.05, 0) is 38.6 Å². The van der Waals surface area contributed by atoms with Crippen LogP contribution in [0.5, 0.6) is 0 Å². The Morgan fingerprint density at radius 1 is 1.68 bits per heavy atom. The van der Waals surface area contributed by atoms with Crippen molar-refractivity contribution >= 4 is 23.1 Å². The molecule has 0 amide bonds. The summed E-state index contributed by atoms with van der Waals surface area (Å²) in [6.45, 7) is 4.99. The predicted molar refractivity (Wildman–Crippen MR) is 81.6 cm³/mol. The molecule has 0 bridgehead atoms. The molecule has 19 heavy (non-hydrogen) atoms. The van der Waals surface area contributed by atoms with Crippen molar-refractivity contribution < 1.29 is 0 Å². The minimum Gasteiger partial charge on any atom is -0.299 e. The number of aryl methyl sites for hydroxylation is 1. The summed E-state index contributed by atoms with van der Waals surface area (Å²) in [6, 6.07) is 2.55. The number of nitrogens with one attached hydrogen (secondary N) is 1. The predicted octanol–water partition coefficient (Wildman–Crippen LogP) is 3.61. The molecule has 0 spiro atoms. The number of aromatic nitrogens is 1. The number of thiazole rings is 1. The molecule has 0 radical (unpaired) electrons. The van der Waals surface area contributed by atoms with Gasteiger partial charge in [0.1, 0.15) is 9.88 Å². The number of nitriles is 1. The lowest BCUT2D eigenvalue weighted by Crippen LogP contribution is -2.47. The van der Waals surface area contributed by atoms with Crippen LogP contribution in [-0.2, 0) is 0 Å². The average molecular weight is 295 g/mol. The Kier molecular flexibility index (Phi) is 5.26. The summed E-state index contributed by atoms with van der Waals surface area (Å²) in [5.41, 5.74) is 0.834. The fourth-order valence-corrected chi connectivity index (χ4v) is 4.86. The van der Waals surface area contributed by atoms with Crippen LogP contribution in [0.1, 0.15) is 38.3 Å². The molecule has 1 fully saturated rings. The molecule has 1 saturated carbocycles. The smallest absolute Gasteiger partial charge is 0.150 e. The minimum atomic E-state index is -0.270. The maximum atomic E-state index is 9.51. The minimum absolute atomic E-state index is 0.270. The van der Waals surface area contributed by atoms with Crippen molar-refractivity contribution in [2.75, 3.05) is 12.3 Å². The molecule has 2 unspecified atom stereocenters. The molecule has 1 aliphatic carbocycles. The zero-order valence-electron chi connectivity index (χ0n) is 11.6. The Hall–Kier alpha value is -0.570. The van der Waals surface area contributed by atoms with Crippen LogP contribution in [0.2, 0.25) is 0 Å². The number of thioether (sulfide) groups is 1. The first kappa shape index (κ1) is 14.8. The normalized spacial score (nSPS) is 26.5. The van der Waals surface area contributed by atoms with E-state index in [1.54, 1.807) is 11.3 Å². The number of rotatable bonds is 6. The molecule has 2 rings (SSSR count). The molecule has 3 nitrogen and oxygen atoms in total. The number of hydrogen-bond donors (Lipinski definition) is 1. The van der Waals surface area contributed by atoms with Crippen LogP contribution in [0.25, 0.3) is 0 Å². The zero-order chi connectivity index (χ0) is 13.7. The Bertz CT molecular complexity index is 452. The molecule has 1 N–H and O–H groups in total. The molecule has 0 saturated heterocycles. The van der Waals surface area contributed by atoms with Crippen molar-refractivity contribution in [1.82, 2.24) is 10.3 Å². The van der Waals surface area contributed by atoms with Gasteiger partial charge in [-0.25, -0.2) is 4.98 Å². The van der Waals surface area contributed by atoms with Gasteiger partial charge in [-0.3, -0.25) is 5.32 Å². The highest BCUT2D eigenvalue weighted by molar-refractivity contribution is 8.00. The van der Waals surface area contributed by atoms with Crippen molar-refractivity contribution in [2.24, 2.45) is 5.92 Å². The summed E-state index contributed by atoms with van der Waals surface area (Å²) in [6.07, 6.45) is 4.46. The van der Waals surface area contributed by atoms with E-state index in [4.69, 9.17) is 0 Å². The molecule has 1 aliphatic rings. The molecule has 1 aromatic rings. The second-order valence-electron chi connectivity index (χ2n) is 5.09. The van der Waals surface area contributed by atoms with Crippen molar-refractivity contribution in [3.63, 3.8) is 0 Å². The van der Waals surface area contributed by atoms with Gasteiger partial charge in [0.05, 0.1) is 6.07 Å². The van der Waals surface area contributed by atoms with Gasteiger partial charge in [-0.1, -0.05) is 25.1 Å². The van der Waals surface area contributed by atoms with Crippen LogP contribution in [0.3, 0.4) is 0 Å². The van der Waals surface area contributed by atoms with E-state index in [-0.39, 0.29) is 5.54 Å². The monoisotopic (exact) mass is 295 g/mol. The zero-order valence-corrected chi connectivity index (χ0v) is 13.2. The summed E-state index contributed by atoms with van der Waals surface area (Å²) >= 11 is 3.55. The highest BCUT2D eigenvalue weighted by Gasteiger charge is 2.41. The SMILES string of the molecule is CCNC1(C#N)CCCC1CCSc1nc(C)cs1. The summed E-state index contributed by atoms with van der Waals surface area (Å²) in [5.74, 6) is 1.55. The van der Waals surface area contributed by atoms with Gasteiger partial charge in [-0.15, -0.1) is 11.3 Å². The number of nitrogens with zero attached hydrogens (tertiary/aromatic N) is 2. The molecule has 1 heterocycles. The molecular weight excluding hydrogens is 274 g/mol. The third-order valence-corrected chi connectivity index (χ3v) is 5.97. The molecule has 5 heteroatoms. The van der Waals surface area contributed by atoms with Crippen LogP contribution in [-0.4, -0.2) is 22.8 Å². The van der Waals surface area contributed by atoms with Crippen LogP contribution in [0.4, 0.5) is 0 Å². The maximum absolute atomic E-state index is 9.51. The molecular formula is C14H21N3S2. The second-order valence-corrected chi connectivity index (χ2v) is 7.29. The van der Waals surface area contributed by atoms with Gasteiger partial charge in [0, 0.05) is 16.8 Å².